The number of nitrogens with one attached hydrogen (secondary N) is 1. The van der Waals surface area contributed by atoms with Crippen LogP contribution in [0.25, 0.3) is 0 Å². The average molecular weight is 405 g/mol. The lowest BCUT2D eigenvalue weighted by atomic mass is 10.2. The van der Waals surface area contributed by atoms with Crippen LogP contribution in [0.15, 0.2) is 42.0 Å². The van der Waals surface area contributed by atoms with E-state index in [0.29, 0.717) is 5.57 Å². The zero-order valence-corrected chi connectivity index (χ0v) is 16.7. The summed E-state index contributed by atoms with van der Waals surface area (Å²) in [6, 6.07) is 6.23. The monoisotopic (exact) mass is 405 g/mol. The zero-order chi connectivity index (χ0) is 20.7. The molecule has 2 N–H and O–H groups in total. The second-order valence-electron chi connectivity index (χ2n) is 6.37. The first kappa shape index (κ1) is 23.3. The second kappa shape index (κ2) is 9.97. The van der Waals surface area contributed by atoms with Crippen molar-refractivity contribution in [3.63, 3.8) is 0 Å². The Bertz CT molecular complexity index is 694. The number of aliphatic hydroxyl groups is 1. The molecule has 0 heterocycles. The van der Waals surface area contributed by atoms with Gasteiger partial charge in [-0.1, -0.05) is 29.8 Å². The molecule has 0 radical (unpaired) electrons. The first-order valence-corrected chi connectivity index (χ1v) is 10.1. The molecule has 1 rings (SSSR count). The molecule has 0 saturated heterocycles. The van der Waals surface area contributed by atoms with Crippen molar-refractivity contribution in [1.82, 2.24) is 5.09 Å². The van der Waals surface area contributed by atoms with Crippen molar-refractivity contribution < 1.29 is 32.5 Å². The Balaban J connectivity index is 3.15. The number of rotatable bonds is 10. The Labute approximate surface area is 158 Å². The van der Waals surface area contributed by atoms with Crippen molar-refractivity contribution in [3.8, 4) is 5.75 Å². The number of halogens is 2. The van der Waals surface area contributed by atoms with Gasteiger partial charge in [0, 0.05) is 6.42 Å². The van der Waals surface area contributed by atoms with Crippen molar-refractivity contribution in [3.05, 3.63) is 42.0 Å². The third-order valence-electron chi connectivity index (χ3n) is 3.42. The summed E-state index contributed by atoms with van der Waals surface area (Å²) in [5.41, 5.74) is -3.53. The van der Waals surface area contributed by atoms with Crippen LogP contribution >= 0.6 is 7.52 Å². The zero-order valence-electron chi connectivity index (χ0n) is 15.8. The minimum absolute atomic E-state index is 0.0275. The molecule has 6 nitrogen and oxygen atoms in total. The maximum atomic E-state index is 14.8. The van der Waals surface area contributed by atoms with Crippen LogP contribution < -0.4 is 9.61 Å². The molecular formula is C18H26F2NO5P. The van der Waals surface area contributed by atoms with E-state index in [0.717, 1.165) is 6.08 Å². The third-order valence-corrected chi connectivity index (χ3v) is 5.66. The van der Waals surface area contributed by atoms with Gasteiger partial charge in [0.05, 0.1) is 12.7 Å². The van der Waals surface area contributed by atoms with Crippen LogP contribution in [0.2, 0.25) is 0 Å². The molecule has 0 amide bonds. The Morgan fingerprint density at radius 3 is 2.41 bits per heavy atom. The van der Waals surface area contributed by atoms with Crippen LogP contribution in [0.4, 0.5) is 8.78 Å². The minimum atomic E-state index is -4.87. The van der Waals surface area contributed by atoms with Crippen LogP contribution in [0.5, 0.6) is 5.75 Å². The first-order valence-electron chi connectivity index (χ1n) is 8.48. The molecule has 27 heavy (non-hydrogen) atoms. The molecule has 0 aliphatic rings. The van der Waals surface area contributed by atoms with Crippen LogP contribution in [-0.2, 0) is 14.1 Å². The van der Waals surface area contributed by atoms with E-state index in [1.165, 1.54) is 26.0 Å². The number of aliphatic hydroxyl groups excluding tert-OH is 1. The molecule has 9 heteroatoms. The topological polar surface area (TPSA) is 84.9 Å². The number of hydrogen-bond donors (Lipinski definition) is 2. The molecule has 0 aromatic heterocycles. The number of carbonyl (C=O) groups excluding carboxylic acids is 1. The number of esters is 1. The second-order valence-corrected chi connectivity index (χ2v) is 8.57. The molecule has 0 aliphatic heterocycles. The maximum Gasteiger partial charge on any atom is 0.386 e. The van der Waals surface area contributed by atoms with Gasteiger partial charge in [0.25, 0.3) is 0 Å². The molecule has 152 valence electrons. The molecular weight excluding hydrogens is 379 g/mol. The van der Waals surface area contributed by atoms with Crippen LogP contribution in [0.3, 0.4) is 0 Å². The van der Waals surface area contributed by atoms with Crippen molar-refractivity contribution in [2.75, 3.05) is 6.61 Å². The fourth-order valence-electron chi connectivity index (χ4n) is 1.94. The summed E-state index contributed by atoms with van der Waals surface area (Å²) < 4.78 is 52.9. The predicted octanol–water partition coefficient (Wildman–Crippen LogP) is 4.11. The van der Waals surface area contributed by atoms with Gasteiger partial charge in [0.2, 0.25) is 0 Å². The summed E-state index contributed by atoms with van der Waals surface area (Å²) in [6.45, 7) is 5.57. The van der Waals surface area contributed by atoms with Gasteiger partial charge in [-0.25, -0.2) is 5.09 Å². The number of para-hydroxylation sites is 1. The van der Waals surface area contributed by atoms with E-state index >= 15 is 0 Å². The summed E-state index contributed by atoms with van der Waals surface area (Å²) in [4.78, 5) is 12.0. The number of benzene rings is 1. The van der Waals surface area contributed by atoms with E-state index in [2.05, 4.69) is 5.09 Å². The molecule has 0 aliphatic carbocycles. The highest BCUT2D eigenvalue weighted by Crippen LogP contribution is 2.59. The number of carbonyl (C=O) groups is 1. The van der Waals surface area contributed by atoms with E-state index in [1.807, 2.05) is 0 Å². The lowest BCUT2D eigenvalue weighted by Gasteiger charge is -2.29. The lowest BCUT2D eigenvalue weighted by Crippen LogP contribution is -2.40. The highest BCUT2D eigenvalue weighted by atomic mass is 31.2. The van der Waals surface area contributed by atoms with Gasteiger partial charge < -0.3 is 14.4 Å². The molecule has 1 aromatic carbocycles. The van der Waals surface area contributed by atoms with Crippen molar-refractivity contribution in [2.24, 2.45) is 0 Å². The Morgan fingerprint density at radius 1 is 1.30 bits per heavy atom. The van der Waals surface area contributed by atoms with Gasteiger partial charge in [0.15, 0.2) is 0 Å². The number of ether oxygens (including phenoxy) is 1. The molecule has 2 atom stereocenters. The third kappa shape index (κ3) is 7.05. The van der Waals surface area contributed by atoms with Gasteiger partial charge in [-0.2, -0.15) is 8.78 Å². The SMILES string of the molecule is C/C(=C\CC(F)(F)P(=O)(N[C@@H](C)C(=O)OC(C)C)Oc1ccccc1)CO. The Morgan fingerprint density at radius 2 is 1.89 bits per heavy atom. The molecule has 0 saturated carbocycles. The number of hydrogen-bond acceptors (Lipinski definition) is 5. The Kier molecular flexibility index (Phi) is 8.59. The van der Waals surface area contributed by atoms with Gasteiger partial charge in [-0.3, -0.25) is 9.36 Å². The van der Waals surface area contributed by atoms with E-state index in [4.69, 9.17) is 14.4 Å². The normalized spacial score (nSPS) is 15.9. The highest BCUT2D eigenvalue weighted by molar-refractivity contribution is 7.58. The highest BCUT2D eigenvalue weighted by Gasteiger charge is 2.53. The fraction of sp³-hybridized carbons (Fsp3) is 0.500. The van der Waals surface area contributed by atoms with Crippen molar-refractivity contribution in [1.29, 1.82) is 0 Å². The molecule has 0 spiro atoms. The molecule has 0 bridgehead atoms. The van der Waals surface area contributed by atoms with Gasteiger partial charge in [-0.15, -0.1) is 0 Å². The standard InChI is InChI=1S/C18H26F2NO5P/c1-13(2)25-17(23)15(4)21-27(24,26-16-8-6-5-7-9-16)18(19,20)11-10-14(3)12-22/h5-10,13,15,22H,11-12H2,1-4H3,(H,21,24)/b14-10+/t15-,27?/m0/s1. The number of alkyl halides is 2. The number of allylic oxidation sites excluding steroid dienone is 1. The fourth-order valence-corrected chi connectivity index (χ4v) is 3.68. The van der Waals surface area contributed by atoms with Crippen LogP contribution in [0.1, 0.15) is 34.1 Å². The smallest absolute Gasteiger partial charge is 0.386 e. The molecule has 1 unspecified atom stereocenters. The minimum Gasteiger partial charge on any atom is -0.462 e. The maximum absolute atomic E-state index is 14.8. The van der Waals surface area contributed by atoms with Gasteiger partial charge in [-0.05, 0) is 39.8 Å². The van der Waals surface area contributed by atoms with Crippen molar-refractivity contribution in [2.45, 2.75) is 51.9 Å². The van der Waals surface area contributed by atoms with Gasteiger partial charge >= 0.3 is 19.2 Å². The van der Waals surface area contributed by atoms with Gasteiger partial charge in [0.1, 0.15) is 11.8 Å². The predicted molar refractivity (Wildman–Crippen MR) is 98.9 cm³/mol. The van der Waals surface area contributed by atoms with E-state index in [-0.39, 0.29) is 5.75 Å². The summed E-state index contributed by atoms with van der Waals surface area (Å²) >= 11 is 0. The molecule has 0 fully saturated rings. The largest absolute Gasteiger partial charge is 0.462 e. The summed E-state index contributed by atoms with van der Waals surface area (Å²) in [5, 5.41) is 11.1. The van der Waals surface area contributed by atoms with E-state index in [9.17, 15) is 18.1 Å². The Hall–Kier alpha value is -1.76. The summed E-state index contributed by atoms with van der Waals surface area (Å²) in [6.07, 6.45) is -0.297. The van der Waals surface area contributed by atoms with Crippen LogP contribution in [0, 0.1) is 0 Å². The quantitative estimate of drug-likeness (QED) is 0.346. The van der Waals surface area contributed by atoms with Crippen LogP contribution in [-0.4, -0.2) is 35.5 Å². The lowest BCUT2D eigenvalue weighted by molar-refractivity contribution is -0.149. The van der Waals surface area contributed by atoms with E-state index < -0.39 is 44.3 Å². The molecule has 1 aromatic rings. The first-order chi connectivity index (χ1) is 12.5. The average Bonchev–Trinajstić information content (AvgIpc) is 2.59. The summed E-state index contributed by atoms with van der Waals surface area (Å²) in [5.74, 6) is -0.847. The van der Waals surface area contributed by atoms with Crippen molar-refractivity contribution >= 4 is 13.5 Å². The van der Waals surface area contributed by atoms with E-state index in [1.54, 1.807) is 32.0 Å². The summed E-state index contributed by atoms with van der Waals surface area (Å²) in [7, 11) is -4.87.